The molecule has 2 atom stereocenters. The Morgan fingerprint density at radius 2 is 1.95 bits per heavy atom. The summed E-state index contributed by atoms with van der Waals surface area (Å²) in [7, 11) is 0. The summed E-state index contributed by atoms with van der Waals surface area (Å²) in [5, 5.41) is 3.44. The molecule has 1 aliphatic heterocycles. The van der Waals surface area contributed by atoms with Crippen LogP contribution in [0.5, 0.6) is 0 Å². The summed E-state index contributed by atoms with van der Waals surface area (Å²) in [4.78, 5) is 8.53. The molecule has 1 aromatic heterocycles. The van der Waals surface area contributed by atoms with E-state index in [-0.39, 0.29) is 6.04 Å². The number of nitrogens with zero attached hydrogens (tertiary/aromatic N) is 2. The Hall–Kier alpha value is -1.94. The second kappa shape index (κ2) is 6.48. The molecule has 0 aliphatic carbocycles. The van der Waals surface area contributed by atoms with Gasteiger partial charge < -0.3 is 10.1 Å². The molecule has 1 aromatic carbocycles. The third-order valence-electron chi connectivity index (χ3n) is 3.66. The highest BCUT2D eigenvalue weighted by atomic mass is 16.5. The highest BCUT2D eigenvalue weighted by molar-refractivity contribution is 5.31. The molecule has 2 unspecified atom stereocenters. The minimum atomic E-state index is 0.227. The van der Waals surface area contributed by atoms with Crippen LogP contribution < -0.4 is 5.32 Å². The molecule has 20 heavy (non-hydrogen) atoms. The number of hydrogen-bond acceptors (Lipinski definition) is 4. The van der Waals surface area contributed by atoms with Gasteiger partial charge in [0.15, 0.2) is 0 Å². The molecule has 1 fully saturated rings. The number of aromatic nitrogens is 2. The number of ether oxygens (including phenoxy) is 1. The van der Waals surface area contributed by atoms with Crippen molar-refractivity contribution in [2.24, 2.45) is 5.92 Å². The summed E-state index contributed by atoms with van der Waals surface area (Å²) in [5.74, 6) is 1.29. The van der Waals surface area contributed by atoms with Crippen molar-refractivity contribution in [1.29, 1.82) is 0 Å². The van der Waals surface area contributed by atoms with Crippen molar-refractivity contribution >= 4 is 5.95 Å². The van der Waals surface area contributed by atoms with E-state index in [0.29, 0.717) is 11.9 Å². The number of rotatable bonds is 5. The molecule has 3 rings (SSSR count). The number of benzene rings is 1. The average Bonchev–Trinajstić information content (AvgIpc) is 3.02. The van der Waals surface area contributed by atoms with Gasteiger partial charge in [-0.25, -0.2) is 9.97 Å². The maximum Gasteiger partial charge on any atom is 0.223 e. The largest absolute Gasteiger partial charge is 0.381 e. The first-order valence-corrected chi connectivity index (χ1v) is 7.08. The average molecular weight is 269 g/mol. The van der Waals surface area contributed by atoms with Crippen molar-refractivity contribution in [3.63, 3.8) is 0 Å². The Bertz CT molecular complexity index is 512. The lowest BCUT2D eigenvalue weighted by Crippen LogP contribution is -2.17. The molecule has 0 spiro atoms. The van der Waals surface area contributed by atoms with E-state index in [9.17, 15) is 0 Å². The van der Waals surface area contributed by atoms with E-state index >= 15 is 0 Å². The molecule has 1 aliphatic rings. The molecule has 1 N–H and O–H groups in total. The Balaban J connectivity index is 1.76. The van der Waals surface area contributed by atoms with Gasteiger partial charge in [-0.05, 0) is 30.4 Å². The van der Waals surface area contributed by atoms with Crippen LogP contribution in [-0.4, -0.2) is 23.2 Å². The lowest BCUT2D eigenvalue weighted by atomic mass is 9.94. The van der Waals surface area contributed by atoms with E-state index < -0.39 is 0 Å². The fourth-order valence-electron chi connectivity index (χ4n) is 2.60. The van der Waals surface area contributed by atoms with Crippen LogP contribution in [-0.2, 0) is 4.74 Å². The van der Waals surface area contributed by atoms with Gasteiger partial charge in [-0.2, -0.15) is 0 Å². The van der Waals surface area contributed by atoms with E-state index in [1.54, 1.807) is 12.4 Å². The molecule has 104 valence electrons. The summed E-state index contributed by atoms with van der Waals surface area (Å²) in [6, 6.07) is 12.5. The van der Waals surface area contributed by atoms with E-state index in [4.69, 9.17) is 4.74 Å². The van der Waals surface area contributed by atoms with E-state index in [1.165, 1.54) is 5.56 Å². The van der Waals surface area contributed by atoms with Crippen LogP contribution in [0.1, 0.15) is 24.4 Å². The van der Waals surface area contributed by atoms with Crippen molar-refractivity contribution in [3.05, 3.63) is 54.4 Å². The lowest BCUT2D eigenvalue weighted by Gasteiger charge is -2.21. The van der Waals surface area contributed by atoms with Crippen LogP contribution in [0.3, 0.4) is 0 Å². The minimum Gasteiger partial charge on any atom is -0.381 e. The maximum atomic E-state index is 5.49. The lowest BCUT2D eigenvalue weighted by molar-refractivity contribution is 0.183. The number of hydrogen-bond donors (Lipinski definition) is 1. The SMILES string of the molecule is c1ccc(C(CC2CCOC2)Nc2ncccn2)cc1. The maximum absolute atomic E-state index is 5.49. The highest BCUT2D eigenvalue weighted by Crippen LogP contribution is 2.28. The molecule has 0 saturated carbocycles. The number of anilines is 1. The van der Waals surface area contributed by atoms with Gasteiger partial charge in [0.1, 0.15) is 0 Å². The van der Waals surface area contributed by atoms with E-state index in [1.807, 2.05) is 12.1 Å². The smallest absolute Gasteiger partial charge is 0.223 e. The second-order valence-corrected chi connectivity index (χ2v) is 5.15. The zero-order valence-electron chi connectivity index (χ0n) is 11.4. The van der Waals surface area contributed by atoms with Crippen LogP contribution in [0.2, 0.25) is 0 Å². The zero-order valence-corrected chi connectivity index (χ0v) is 11.4. The Labute approximate surface area is 119 Å². The first-order valence-electron chi connectivity index (χ1n) is 7.08. The number of nitrogens with one attached hydrogen (secondary N) is 1. The van der Waals surface area contributed by atoms with Gasteiger partial charge in [-0.1, -0.05) is 30.3 Å². The molecule has 0 radical (unpaired) electrons. The van der Waals surface area contributed by atoms with Gasteiger partial charge in [0.05, 0.1) is 6.04 Å². The molecule has 4 nitrogen and oxygen atoms in total. The Morgan fingerprint density at radius 1 is 1.15 bits per heavy atom. The molecule has 0 amide bonds. The summed E-state index contributed by atoms with van der Waals surface area (Å²) < 4.78 is 5.49. The van der Waals surface area contributed by atoms with Crippen LogP contribution >= 0.6 is 0 Å². The fraction of sp³-hybridized carbons (Fsp3) is 0.375. The van der Waals surface area contributed by atoms with Crippen molar-refractivity contribution in [2.45, 2.75) is 18.9 Å². The van der Waals surface area contributed by atoms with Crippen LogP contribution in [0, 0.1) is 5.92 Å². The molecule has 1 saturated heterocycles. The van der Waals surface area contributed by atoms with E-state index in [0.717, 1.165) is 26.1 Å². The molecular formula is C16H19N3O. The van der Waals surface area contributed by atoms with Crippen LogP contribution in [0.4, 0.5) is 5.95 Å². The molecule has 2 heterocycles. The third-order valence-corrected chi connectivity index (χ3v) is 3.66. The summed E-state index contributed by atoms with van der Waals surface area (Å²) in [6.45, 7) is 1.74. The molecule has 4 heteroatoms. The first kappa shape index (κ1) is 13.1. The normalized spacial score (nSPS) is 19.7. The van der Waals surface area contributed by atoms with Gasteiger partial charge in [0, 0.05) is 25.6 Å². The van der Waals surface area contributed by atoms with Crippen LogP contribution in [0.25, 0.3) is 0 Å². The van der Waals surface area contributed by atoms with Crippen LogP contribution in [0.15, 0.2) is 48.8 Å². The topological polar surface area (TPSA) is 47.0 Å². The standard InChI is InChI=1S/C16H19N3O/c1-2-5-14(6-3-1)15(11-13-7-10-20-12-13)19-16-17-8-4-9-18-16/h1-6,8-9,13,15H,7,10-12H2,(H,17,18,19). The predicted octanol–water partition coefficient (Wildman–Crippen LogP) is 3.06. The summed E-state index contributed by atoms with van der Waals surface area (Å²) in [6.07, 6.45) is 5.70. The Morgan fingerprint density at radius 3 is 2.65 bits per heavy atom. The fourth-order valence-corrected chi connectivity index (χ4v) is 2.60. The van der Waals surface area contributed by atoms with Gasteiger partial charge in [-0.15, -0.1) is 0 Å². The predicted molar refractivity (Wildman–Crippen MR) is 78.4 cm³/mol. The van der Waals surface area contributed by atoms with E-state index in [2.05, 4.69) is 39.6 Å². The minimum absolute atomic E-state index is 0.227. The van der Waals surface area contributed by atoms with Crippen molar-refractivity contribution in [3.8, 4) is 0 Å². The van der Waals surface area contributed by atoms with Gasteiger partial charge >= 0.3 is 0 Å². The first-order chi connectivity index (χ1) is 9.92. The molecule has 0 bridgehead atoms. The van der Waals surface area contributed by atoms with Crippen molar-refractivity contribution in [1.82, 2.24) is 9.97 Å². The van der Waals surface area contributed by atoms with Crippen molar-refractivity contribution in [2.75, 3.05) is 18.5 Å². The van der Waals surface area contributed by atoms with Gasteiger partial charge in [-0.3, -0.25) is 0 Å². The molecular weight excluding hydrogens is 250 g/mol. The summed E-state index contributed by atoms with van der Waals surface area (Å²) in [5.41, 5.74) is 1.27. The quantitative estimate of drug-likeness (QED) is 0.906. The second-order valence-electron chi connectivity index (χ2n) is 5.15. The molecule has 2 aromatic rings. The Kier molecular flexibility index (Phi) is 4.23. The van der Waals surface area contributed by atoms with Gasteiger partial charge in [0.2, 0.25) is 5.95 Å². The van der Waals surface area contributed by atoms with Crippen molar-refractivity contribution < 1.29 is 4.74 Å². The zero-order chi connectivity index (χ0) is 13.6. The summed E-state index contributed by atoms with van der Waals surface area (Å²) >= 11 is 0. The highest BCUT2D eigenvalue weighted by Gasteiger charge is 2.22. The third kappa shape index (κ3) is 3.33. The van der Waals surface area contributed by atoms with Gasteiger partial charge in [0.25, 0.3) is 0 Å². The monoisotopic (exact) mass is 269 g/mol.